The number of carbonyl (C=O) groups excluding carboxylic acids is 1. The maximum Gasteiger partial charge on any atom is 0.449 e. The summed E-state index contributed by atoms with van der Waals surface area (Å²) in [7, 11) is 0. The van der Waals surface area contributed by atoms with Gasteiger partial charge in [0.25, 0.3) is 0 Å². The molecule has 0 bridgehead atoms. The molecule has 1 saturated heterocycles. The molecule has 1 aliphatic heterocycles. The predicted octanol–water partition coefficient (Wildman–Crippen LogP) is 4.93. The van der Waals surface area contributed by atoms with Gasteiger partial charge in [0.15, 0.2) is 0 Å². The molecule has 3 aromatic rings. The topological polar surface area (TPSA) is 38.1 Å². The minimum Gasteiger partial charge on any atom is -0.343 e. The Labute approximate surface area is 173 Å². The highest BCUT2D eigenvalue weighted by Crippen LogP contribution is 2.33. The Morgan fingerprint density at radius 3 is 2.37 bits per heavy atom. The van der Waals surface area contributed by atoms with Crippen molar-refractivity contribution in [3.05, 3.63) is 66.0 Å². The highest BCUT2D eigenvalue weighted by atomic mass is 19.4. The van der Waals surface area contributed by atoms with Crippen LogP contribution in [0, 0.1) is 5.92 Å². The summed E-state index contributed by atoms with van der Waals surface area (Å²) in [6.45, 7) is 1.44. The number of likely N-dealkylation sites (tertiary alicyclic amines) is 1. The summed E-state index contributed by atoms with van der Waals surface area (Å²) in [6.07, 6.45) is -1.94. The SMILES string of the molecule is O=C(CCc1ccccc1)N1CCC(Cn2c(C(F)(F)F)nc3ccccc32)CC1. The number of rotatable bonds is 5. The van der Waals surface area contributed by atoms with Crippen LogP contribution in [0.3, 0.4) is 0 Å². The van der Waals surface area contributed by atoms with Crippen molar-refractivity contribution < 1.29 is 18.0 Å². The van der Waals surface area contributed by atoms with Crippen molar-refractivity contribution in [1.82, 2.24) is 14.5 Å². The molecule has 30 heavy (non-hydrogen) atoms. The maximum atomic E-state index is 13.5. The number of aromatic nitrogens is 2. The summed E-state index contributed by atoms with van der Waals surface area (Å²) >= 11 is 0. The van der Waals surface area contributed by atoms with Crippen molar-refractivity contribution in [1.29, 1.82) is 0 Å². The standard InChI is InChI=1S/C23H24F3N3O/c24-23(25,26)22-27-19-8-4-5-9-20(19)29(22)16-18-12-14-28(15-13-18)21(30)11-10-17-6-2-1-3-7-17/h1-9,18H,10-16H2. The predicted molar refractivity (Wildman–Crippen MR) is 109 cm³/mol. The average Bonchev–Trinajstić information content (AvgIpc) is 3.12. The Hall–Kier alpha value is -2.83. The number of alkyl halides is 3. The van der Waals surface area contributed by atoms with E-state index < -0.39 is 12.0 Å². The second-order valence-electron chi connectivity index (χ2n) is 7.84. The Bertz CT molecular complexity index is 1010. The van der Waals surface area contributed by atoms with Crippen LogP contribution in [0.2, 0.25) is 0 Å². The van der Waals surface area contributed by atoms with E-state index in [4.69, 9.17) is 0 Å². The Balaban J connectivity index is 1.38. The summed E-state index contributed by atoms with van der Waals surface area (Å²) in [4.78, 5) is 18.2. The average molecular weight is 415 g/mol. The number of piperidine rings is 1. The van der Waals surface area contributed by atoms with Gasteiger partial charge in [-0.1, -0.05) is 42.5 Å². The quantitative estimate of drug-likeness (QED) is 0.593. The van der Waals surface area contributed by atoms with Gasteiger partial charge in [0, 0.05) is 26.1 Å². The molecule has 1 amide bonds. The zero-order valence-electron chi connectivity index (χ0n) is 16.6. The number of hydrogen-bond acceptors (Lipinski definition) is 2. The first kappa shape index (κ1) is 20.4. The van der Waals surface area contributed by atoms with Gasteiger partial charge >= 0.3 is 6.18 Å². The number of hydrogen-bond donors (Lipinski definition) is 0. The van der Waals surface area contributed by atoms with Crippen molar-refractivity contribution >= 4 is 16.9 Å². The normalized spacial score (nSPS) is 15.6. The molecule has 7 heteroatoms. The lowest BCUT2D eigenvalue weighted by molar-refractivity contribution is -0.147. The maximum absolute atomic E-state index is 13.5. The van der Waals surface area contributed by atoms with Crippen LogP contribution in [0.1, 0.15) is 30.7 Å². The molecule has 2 heterocycles. The number of nitrogens with zero attached hydrogens (tertiary/aromatic N) is 3. The molecule has 0 spiro atoms. The first-order valence-electron chi connectivity index (χ1n) is 10.3. The third-order valence-electron chi connectivity index (χ3n) is 5.79. The van der Waals surface area contributed by atoms with E-state index in [1.807, 2.05) is 35.2 Å². The smallest absolute Gasteiger partial charge is 0.343 e. The van der Waals surface area contributed by atoms with Gasteiger partial charge in [0.1, 0.15) is 0 Å². The number of aryl methyl sites for hydroxylation is 1. The van der Waals surface area contributed by atoms with Crippen LogP contribution >= 0.6 is 0 Å². The molecule has 1 aliphatic rings. The zero-order valence-corrected chi connectivity index (χ0v) is 16.6. The lowest BCUT2D eigenvalue weighted by Gasteiger charge is -2.32. The lowest BCUT2D eigenvalue weighted by atomic mass is 9.96. The van der Waals surface area contributed by atoms with Gasteiger partial charge in [-0.25, -0.2) is 4.98 Å². The molecule has 4 rings (SSSR count). The van der Waals surface area contributed by atoms with Crippen molar-refractivity contribution in [2.75, 3.05) is 13.1 Å². The van der Waals surface area contributed by atoms with E-state index in [1.54, 1.807) is 24.3 Å². The lowest BCUT2D eigenvalue weighted by Crippen LogP contribution is -2.39. The molecule has 0 unspecified atom stereocenters. The Morgan fingerprint density at radius 2 is 1.67 bits per heavy atom. The molecule has 0 radical (unpaired) electrons. The second-order valence-corrected chi connectivity index (χ2v) is 7.84. The van der Waals surface area contributed by atoms with Crippen molar-refractivity contribution in [2.24, 2.45) is 5.92 Å². The second kappa shape index (κ2) is 8.50. The van der Waals surface area contributed by atoms with E-state index in [0.29, 0.717) is 49.8 Å². The monoisotopic (exact) mass is 415 g/mol. The molecule has 0 aliphatic carbocycles. The van der Waals surface area contributed by atoms with Crippen molar-refractivity contribution in [3.63, 3.8) is 0 Å². The number of halogens is 3. The summed E-state index contributed by atoms with van der Waals surface area (Å²) in [6, 6.07) is 16.6. The largest absolute Gasteiger partial charge is 0.449 e. The van der Waals surface area contributed by atoms with Gasteiger partial charge in [-0.15, -0.1) is 0 Å². The number of imidazole rings is 1. The molecule has 1 aromatic heterocycles. The van der Waals surface area contributed by atoms with E-state index in [9.17, 15) is 18.0 Å². The van der Waals surface area contributed by atoms with Crippen molar-refractivity contribution in [2.45, 2.75) is 38.4 Å². The van der Waals surface area contributed by atoms with Gasteiger partial charge in [-0.3, -0.25) is 4.79 Å². The molecule has 4 nitrogen and oxygen atoms in total. The fourth-order valence-corrected chi connectivity index (χ4v) is 4.15. The fourth-order valence-electron chi connectivity index (χ4n) is 4.15. The molecule has 0 saturated carbocycles. The van der Waals surface area contributed by atoms with E-state index >= 15 is 0 Å². The summed E-state index contributed by atoms with van der Waals surface area (Å²) in [5, 5.41) is 0. The first-order chi connectivity index (χ1) is 14.4. The summed E-state index contributed by atoms with van der Waals surface area (Å²) < 4.78 is 41.8. The highest BCUT2D eigenvalue weighted by molar-refractivity contribution is 5.77. The highest BCUT2D eigenvalue weighted by Gasteiger charge is 2.38. The molecular weight excluding hydrogens is 391 g/mol. The third kappa shape index (κ3) is 4.50. The molecule has 0 atom stereocenters. The molecule has 0 N–H and O–H groups in total. The van der Waals surface area contributed by atoms with Gasteiger partial charge in [-0.05, 0) is 42.9 Å². The van der Waals surface area contributed by atoms with Gasteiger partial charge in [0.2, 0.25) is 11.7 Å². The summed E-state index contributed by atoms with van der Waals surface area (Å²) in [5.74, 6) is -0.645. The van der Waals surface area contributed by atoms with E-state index in [0.717, 1.165) is 5.56 Å². The van der Waals surface area contributed by atoms with Crippen LogP contribution in [0.4, 0.5) is 13.2 Å². The molecule has 158 valence electrons. The van der Waals surface area contributed by atoms with Crippen LogP contribution in [0.15, 0.2) is 54.6 Å². The van der Waals surface area contributed by atoms with Crippen LogP contribution in [-0.2, 0) is 23.9 Å². The van der Waals surface area contributed by atoms with Crippen LogP contribution in [0.5, 0.6) is 0 Å². The zero-order chi connectivity index (χ0) is 21.1. The van der Waals surface area contributed by atoms with Gasteiger partial charge in [0.05, 0.1) is 11.0 Å². The minimum atomic E-state index is -4.49. The van der Waals surface area contributed by atoms with E-state index in [-0.39, 0.29) is 18.4 Å². The third-order valence-corrected chi connectivity index (χ3v) is 5.79. The molecule has 1 fully saturated rings. The number of para-hydroxylation sites is 2. The summed E-state index contributed by atoms with van der Waals surface area (Å²) in [5.41, 5.74) is 2.00. The van der Waals surface area contributed by atoms with Gasteiger partial charge in [-0.2, -0.15) is 13.2 Å². The molecule has 2 aromatic carbocycles. The van der Waals surface area contributed by atoms with Crippen LogP contribution < -0.4 is 0 Å². The Morgan fingerprint density at radius 1 is 1.00 bits per heavy atom. The number of carbonyl (C=O) groups is 1. The van der Waals surface area contributed by atoms with E-state index in [1.165, 1.54) is 4.57 Å². The molecular formula is C23H24F3N3O. The first-order valence-corrected chi connectivity index (χ1v) is 10.3. The Kier molecular flexibility index (Phi) is 5.79. The number of fused-ring (bicyclic) bond motifs is 1. The van der Waals surface area contributed by atoms with Crippen molar-refractivity contribution in [3.8, 4) is 0 Å². The van der Waals surface area contributed by atoms with E-state index in [2.05, 4.69) is 4.98 Å². The number of benzene rings is 2. The fraction of sp³-hybridized carbons (Fsp3) is 0.391. The number of amides is 1. The van der Waals surface area contributed by atoms with Crippen LogP contribution in [0.25, 0.3) is 11.0 Å². The minimum absolute atomic E-state index is 0.0851. The van der Waals surface area contributed by atoms with Gasteiger partial charge < -0.3 is 9.47 Å². The van der Waals surface area contributed by atoms with Crippen LogP contribution in [-0.4, -0.2) is 33.4 Å².